The molecule has 3 heteroatoms. The second-order valence-electron chi connectivity index (χ2n) is 6.70. The Bertz CT molecular complexity index is 1300. The lowest BCUT2D eigenvalue weighted by Gasteiger charge is -2.11. The highest BCUT2D eigenvalue weighted by Crippen LogP contribution is 2.33. The second-order valence-corrected chi connectivity index (χ2v) is 6.70. The number of hydrogen-bond acceptors (Lipinski definition) is 3. The summed E-state index contributed by atoms with van der Waals surface area (Å²) in [6.07, 6.45) is 0. The van der Waals surface area contributed by atoms with Crippen LogP contribution in [0.3, 0.4) is 0 Å². The summed E-state index contributed by atoms with van der Waals surface area (Å²) in [6, 6.07) is 30.7. The molecule has 5 aromatic rings. The van der Waals surface area contributed by atoms with E-state index < -0.39 is 0 Å². The molecule has 0 aliphatic heterocycles. The average molecular weight is 362 g/mol. The zero-order valence-corrected chi connectivity index (χ0v) is 15.5. The van der Waals surface area contributed by atoms with Crippen LogP contribution in [0.4, 0.5) is 0 Å². The van der Waals surface area contributed by atoms with Gasteiger partial charge in [0.2, 0.25) is 0 Å². The van der Waals surface area contributed by atoms with Gasteiger partial charge in [0.1, 0.15) is 5.75 Å². The van der Waals surface area contributed by atoms with Gasteiger partial charge >= 0.3 is 0 Å². The number of para-hydroxylation sites is 2. The molecule has 0 saturated carbocycles. The van der Waals surface area contributed by atoms with E-state index in [1.807, 2.05) is 54.6 Å². The zero-order chi connectivity index (χ0) is 18.9. The fraction of sp³-hybridized carbons (Fsp3) is 0.0400. The highest BCUT2D eigenvalue weighted by atomic mass is 16.5. The van der Waals surface area contributed by atoms with Gasteiger partial charge in [-0.25, -0.2) is 9.97 Å². The maximum Gasteiger partial charge on any atom is 0.119 e. The molecule has 0 bridgehead atoms. The van der Waals surface area contributed by atoms with Crippen LogP contribution in [0.15, 0.2) is 91.0 Å². The fourth-order valence-corrected chi connectivity index (χ4v) is 3.50. The van der Waals surface area contributed by atoms with Gasteiger partial charge in [0.05, 0.1) is 29.5 Å². The van der Waals surface area contributed by atoms with E-state index in [4.69, 9.17) is 14.7 Å². The van der Waals surface area contributed by atoms with E-state index in [0.29, 0.717) is 0 Å². The third-order valence-electron chi connectivity index (χ3n) is 4.94. The lowest BCUT2D eigenvalue weighted by atomic mass is 10.0. The van der Waals surface area contributed by atoms with Crippen molar-refractivity contribution >= 4 is 21.8 Å². The highest BCUT2D eigenvalue weighted by molar-refractivity contribution is 5.92. The smallest absolute Gasteiger partial charge is 0.119 e. The number of benzene rings is 4. The molecule has 0 aliphatic carbocycles. The zero-order valence-electron chi connectivity index (χ0n) is 15.5. The van der Waals surface area contributed by atoms with Crippen LogP contribution in [-0.4, -0.2) is 17.1 Å². The molecule has 5 rings (SSSR count). The lowest BCUT2D eigenvalue weighted by molar-refractivity contribution is 0.415. The first kappa shape index (κ1) is 16.5. The van der Waals surface area contributed by atoms with Gasteiger partial charge in [-0.1, -0.05) is 60.7 Å². The van der Waals surface area contributed by atoms with Crippen molar-refractivity contribution in [1.82, 2.24) is 9.97 Å². The molecule has 0 amide bonds. The summed E-state index contributed by atoms with van der Waals surface area (Å²) >= 11 is 0. The van der Waals surface area contributed by atoms with Crippen molar-refractivity contribution in [2.24, 2.45) is 0 Å². The predicted octanol–water partition coefficient (Wildman–Crippen LogP) is 6.13. The number of methoxy groups -OCH3 is 1. The minimum Gasteiger partial charge on any atom is -0.497 e. The summed E-state index contributed by atoms with van der Waals surface area (Å²) in [6.45, 7) is 0. The number of hydrogen-bond donors (Lipinski definition) is 0. The second kappa shape index (κ2) is 6.78. The number of ether oxygens (including phenoxy) is 1. The first-order chi connectivity index (χ1) is 13.8. The Morgan fingerprint density at radius 2 is 1.18 bits per heavy atom. The summed E-state index contributed by atoms with van der Waals surface area (Å²) in [5, 5.41) is 2.28. The molecule has 0 N–H and O–H groups in total. The highest BCUT2D eigenvalue weighted by Gasteiger charge is 2.13. The van der Waals surface area contributed by atoms with Crippen molar-refractivity contribution in [2.75, 3.05) is 7.11 Å². The van der Waals surface area contributed by atoms with Gasteiger partial charge in [-0.2, -0.15) is 0 Å². The van der Waals surface area contributed by atoms with Crippen LogP contribution in [0.2, 0.25) is 0 Å². The molecule has 4 aromatic carbocycles. The summed E-state index contributed by atoms with van der Waals surface area (Å²) in [4.78, 5) is 9.92. The van der Waals surface area contributed by atoms with E-state index >= 15 is 0 Å². The standard InChI is InChI=1S/C25H18N2O/c1-28-21-14-13-18-15-20(12-11-19(18)16-21)25-24(17-7-3-2-4-8-17)26-22-9-5-6-10-23(22)27-25/h2-16H,1H3. The molecule has 0 spiro atoms. The quantitative estimate of drug-likeness (QED) is 0.387. The summed E-state index contributed by atoms with van der Waals surface area (Å²) in [5.74, 6) is 0.857. The van der Waals surface area contributed by atoms with Crippen LogP contribution in [0, 0.1) is 0 Å². The van der Waals surface area contributed by atoms with Crippen molar-refractivity contribution in [3.05, 3.63) is 91.0 Å². The van der Waals surface area contributed by atoms with E-state index in [1.54, 1.807) is 7.11 Å². The molecule has 0 atom stereocenters. The summed E-state index contributed by atoms with van der Waals surface area (Å²) in [7, 11) is 1.69. The largest absolute Gasteiger partial charge is 0.497 e. The normalized spacial score (nSPS) is 11.0. The summed E-state index contributed by atoms with van der Waals surface area (Å²) < 4.78 is 5.34. The van der Waals surface area contributed by atoms with Crippen LogP contribution in [0.1, 0.15) is 0 Å². The maximum atomic E-state index is 5.34. The first-order valence-corrected chi connectivity index (χ1v) is 9.22. The summed E-state index contributed by atoms with van der Waals surface area (Å²) in [5.41, 5.74) is 5.69. The number of rotatable bonds is 3. The van der Waals surface area contributed by atoms with Crippen molar-refractivity contribution in [3.63, 3.8) is 0 Å². The molecule has 0 aliphatic rings. The Kier molecular flexibility index (Phi) is 3.99. The van der Waals surface area contributed by atoms with E-state index in [0.717, 1.165) is 50.1 Å². The monoisotopic (exact) mass is 362 g/mol. The molecule has 0 unspecified atom stereocenters. The predicted molar refractivity (Wildman–Crippen MR) is 114 cm³/mol. The van der Waals surface area contributed by atoms with Crippen LogP contribution in [-0.2, 0) is 0 Å². The fourth-order valence-electron chi connectivity index (χ4n) is 3.50. The molecule has 1 aromatic heterocycles. The minimum atomic E-state index is 0.857. The van der Waals surface area contributed by atoms with Crippen LogP contribution >= 0.6 is 0 Å². The Balaban J connectivity index is 1.76. The van der Waals surface area contributed by atoms with E-state index in [2.05, 4.69) is 36.4 Å². The van der Waals surface area contributed by atoms with Gasteiger partial charge < -0.3 is 4.74 Å². The van der Waals surface area contributed by atoms with Crippen LogP contribution in [0.5, 0.6) is 5.75 Å². The van der Waals surface area contributed by atoms with Gasteiger partial charge in [-0.3, -0.25) is 0 Å². The molecule has 28 heavy (non-hydrogen) atoms. The Morgan fingerprint density at radius 3 is 1.89 bits per heavy atom. The molecule has 0 saturated heterocycles. The van der Waals surface area contributed by atoms with Gasteiger partial charge in [0.15, 0.2) is 0 Å². The Labute approximate surface area is 163 Å². The Hall–Kier alpha value is -3.72. The van der Waals surface area contributed by atoms with Gasteiger partial charge in [0.25, 0.3) is 0 Å². The lowest BCUT2D eigenvalue weighted by Crippen LogP contribution is -1.95. The van der Waals surface area contributed by atoms with E-state index in [1.165, 1.54) is 0 Å². The topological polar surface area (TPSA) is 35.0 Å². The van der Waals surface area contributed by atoms with E-state index in [-0.39, 0.29) is 0 Å². The van der Waals surface area contributed by atoms with Crippen molar-refractivity contribution in [2.45, 2.75) is 0 Å². The van der Waals surface area contributed by atoms with Crippen LogP contribution in [0.25, 0.3) is 44.3 Å². The van der Waals surface area contributed by atoms with Crippen molar-refractivity contribution < 1.29 is 4.74 Å². The maximum absolute atomic E-state index is 5.34. The molecule has 3 nitrogen and oxygen atoms in total. The number of aromatic nitrogens is 2. The van der Waals surface area contributed by atoms with E-state index in [9.17, 15) is 0 Å². The Morgan fingerprint density at radius 1 is 0.571 bits per heavy atom. The first-order valence-electron chi connectivity index (χ1n) is 9.22. The van der Waals surface area contributed by atoms with Crippen molar-refractivity contribution in [3.8, 4) is 28.3 Å². The average Bonchev–Trinajstić information content (AvgIpc) is 2.78. The molecular weight excluding hydrogens is 344 g/mol. The molecular formula is C25H18N2O. The van der Waals surface area contributed by atoms with Gasteiger partial charge in [-0.15, -0.1) is 0 Å². The van der Waals surface area contributed by atoms with Gasteiger partial charge in [0, 0.05) is 11.1 Å². The molecule has 0 radical (unpaired) electrons. The molecule has 1 heterocycles. The third kappa shape index (κ3) is 2.87. The third-order valence-corrected chi connectivity index (χ3v) is 4.94. The van der Waals surface area contributed by atoms with Crippen LogP contribution < -0.4 is 4.74 Å². The molecule has 0 fully saturated rings. The van der Waals surface area contributed by atoms with Crippen molar-refractivity contribution in [1.29, 1.82) is 0 Å². The number of nitrogens with zero attached hydrogens (tertiary/aromatic N) is 2. The molecule has 134 valence electrons. The number of fused-ring (bicyclic) bond motifs is 2. The van der Waals surface area contributed by atoms with Gasteiger partial charge in [-0.05, 0) is 41.1 Å². The minimum absolute atomic E-state index is 0.857. The SMILES string of the molecule is COc1ccc2cc(-c3nc4ccccc4nc3-c3ccccc3)ccc2c1.